The third kappa shape index (κ3) is 14.6. The van der Waals surface area contributed by atoms with E-state index >= 15 is 0 Å². The summed E-state index contributed by atoms with van der Waals surface area (Å²) in [5.41, 5.74) is -5.98. The first kappa shape index (κ1) is 77.2. The van der Waals surface area contributed by atoms with Crippen molar-refractivity contribution >= 4 is 12.0 Å². The number of carbonyl (C=O) groups is 1. The minimum atomic E-state index is -1.94. The second-order valence-electron chi connectivity index (χ2n) is 29.6. The minimum absolute atomic E-state index is 0.00682. The van der Waals surface area contributed by atoms with Crippen LogP contribution in [-0.4, -0.2) is 289 Å². The molecule has 1 aromatic carbocycles. The van der Waals surface area contributed by atoms with E-state index in [0.717, 1.165) is 11.1 Å². The molecule has 3 saturated carbocycles. The quantitative estimate of drug-likeness (QED) is 0.0457. The van der Waals surface area contributed by atoms with Crippen molar-refractivity contribution < 1.29 is 136 Å². The number of ether oxygens (including phenoxy) is 18. The molecule has 0 aromatic heterocycles. The van der Waals surface area contributed by atoms with Crippen LogP contribution in [0.1, 0.15) is 132 Å². The summed E-state index contributed by atoms with van der Waals surface area (Å²) < 4.78 is 113. The van der Waals surface area contributed by atoms with Crippen LogP contribution in [0.5, 0.6) is 0 Å². The van der Waals surface area contributed by atoms with E-state index in [-0.39, 0.29) is 44.6 Å². The Balaban J connectivity index is 0.660. The molecule has 6 saturated heterocycles. The van der Waals surface area contributed by atoms with Gasteiger partial charge >= 0.3 is 5.97 Å². The lowest BCUT2D eigenvalue weighted by Crippen LogP contribution is -2.78. The van der Waals surface area contributed by atoms with Gasteiger partial charge in [-0.3, -0.25) is 0 Å². The maximum absolute atomic E-state index is 13.7. The largest absolute Gasteiger partial charge is 0.458 e. The highest BCUT2D eigenvalue weighted by atomic mass is 16.8. The van der Waals surface area contributed by atoms with Crippen molar-refractivity contribution in [1.29, 1.82) is 0 Å². The van der Waals surface area contributed by atoms with Crippen molar-refractivity contribution in [2.75, 3.05) is 42.2 Å². The summed E-state index contributed by atoms with van der Waals surface area (Å²) in [6, 6.07) is 9.31. The van der Waals surface area contributed by atoms with E-state index in [0.29, 0.717) is 32.1 Å². The number of rotatable bonds is 22. The van der Waals surface area contributed by atoms with Crippen LogP contribution >= 0.6 is 0 Å². The number of carbonyl (C=O) groups excluding carboxylic acids is 1. The summed E-state index contributed by atoms with van der Waals surface area (Å²) in [5.74, 6) is -1.24. The van der Waals surface area contributed by atoms with Crippen molar-refractivity contribution in [1.82, 2.24) is 0 Å². The highest BCUT2D eigenvalue weighted by molar-refractivity contribution is 5.87. The van der Waals surface area contributed by atoms with Crippen LogP contribution in [0.3, 0.4) is 0 Å². The molecule has 562 valence electrons. The van der Waals surface area contributed by atoms with Crippen molar-refractivity contribution in [3.8, 4) is 0 Å². The number of methoxy groups -OCH3 is 5. The fraction of sp³-hybridized carbons (Fsp3) is 0.845. The molecular formula is C71H110O28. The molecule has 4 aliphatic carbocycles. The number of esters is 1. The second kappa shape index (κ2) is 31.3. The van der Waals surface area contributed by atoms with E-state index in [4.69, 9.17) is 85.3 Å². The van der Waals surface area contributed by atoms with E-state index < -0.39 is 218 Å². The lowest BCUT2D eigenvalue weighted by molar-refractivity contribution is -0.372. The van der Waals surface area contributed by atoms with Crippen LogP contribution in [-0.2, 0) is 90.1 Å². The zero-order valence-corrected chi connectivity index (χ0v) is 59.2. The Labute approximate surface area is 579 Å². The summed E-state index contributed by atoms with van der Waals surface area (Å²) in [6.07, 6.45) is -17.7. The molecule has 28 heteroatoms. The molecular weight excluding hydrogens is 1300 g/mol. The summed E-state index contributed by atoms with van der Waals surface area (Å²) in [5, 5.41) is 103. The van der Waals surface area contributed by atoms with Crippen LogP contribution < -0.4 is 0 Å². The number of fused-ring (bicyclic) bond motifs is 5. The van der Waals surface area contributed by atoms with Gasteiger partial charge in [0.25, 0.3) is 0 Å². The number of benzene rings is 1. The van der Waals surface area contributed by atoms with Gasteiger partial charge in [0.1, 0.15) is 90.1 Å². The van der Waals surface area contributed by atoms with Gasteiger partial charge in [0.15, 0.2) is 37.7 Å². The Morgan fingerprint density at radius 3 is 1.56 bits per heavy atom. The minimum Gasteiger partial charge on any atom is -0.458 e. The number of aliphatic hydroxyl groups excluding tert-OH is 6. The predicted octanol–water partition coefficient (Wildman–Crippen LogP) is 2.36. The SMILES string of the molecule is CO[C@H]1[C@@H](O)[C@H](O[C@@H]2[C@@H](C)O[C@@H](O[C@H]3[C@@H](OC)C[C@H](O[C@H]4[C@@H](OC)C[C@H](O[C@H]5CC[C@@]6(C)C(=CC[C@]7(O)[C@@H]6C[C@@H](OC(=O)/C=C/c6ccccc6)[C@@]6(C)[C@]7(O)CC[C@@]6(O)[C@H](C)O)C5)O[C@@H]4C)O[C@@H]3C)C[C@H]2OC)O[C@H](C)[C@H]1O[C@H]1C[C@H](OC)[C@H](O[C@@H]2O[C@H](CO)[C@@H](O)[C@H](O)[C@H]2O)[C@@H](C)O1. The first-order chi connectivity index (χ1) is 47.0. The van der Waals surface area contributed by atoms with E-state index in [2.05, 4.69) is 6.92 Å². The molecule has 0 amide bonds. The first-order valence-corrected chi connectivity index (χ1v) is 35.3. The van der Waals surface area contributed by atoms with E-state index in [1.54, 1.807) is 48.2 Å². The maximum Gasteiger partial charge on any atom is 0.331 e. The number of hydrogen-bond acceptors (Lipinski definition) is 28. The molecule has 9 fully saturated rings. The Hall–Kier alpha value is -2.87. The van der Waals surface area contributed by atoms with E-state index in [1.165, 1.54) is 27.2 Å². The second-order valence-corrected chi connectivity index (χ2v) is 29.6. The average Bonchev–Trinajstić information content (AvgIpc) is 1.58. The van der Waals surface area contributed by atoms with Gasteiger partial charge in [0, 0.05) is 73.2 Å². The Bertz CT molecular complexity index is 2870. The van der Waals surface area contributed by atoms with Crippen molar-refractivity contribution in [3.05, 3.63) is 53.6 Å². The van der Waals surface area contributed by atoms with Crippen LogP contribution in [0.15, 0.2) is 48.1 Å². The van der Waals surface area contributed by atoms with Gasteiger partial charge in [-0.05, 0) is 104 Å². The molecule has 28 nitrogen and oxygen atoms in total. The highest BCUT2D eigenvalue weighted by Crippen LogP contribution is 2.71. The molecule has 10 aliphatic rings. The summed E-state index contributed by atoms with van der Waals surface area (Å²) in [4.78, 5) is 13.7. The van der Waals surface area contributed by atoms with Crippen molar-refractivity contribution in [3.63, 3.8) is 0 Å². The van der Waals surface area contributed by atoms with Crippen LogP contribution in [0.2, 0.25) is 0 Å². The van der Waals surface area contributed by atoms with Gasteiger partial charge in [-0.15, -0.1) is 0 Å². The first-order valence-electron chi connectivity index (χ1n) is 35.3. The van der Waals surface area contributed by atoms with Gasteiger partial charge < -0.3 is 131 Å². The van der Waals surface area contributed by atoms with Gasteiger partial charge in [-0.2, -0.15) is 0 Å². The molecule has 0 spiro atoms. The van der Waals surface area contributed by atoms with Crippen LogP contribution in [0, 0.1) is 16.7 Å². The molecule has 99 heavy (non-hydrogen) atoms. The molecule has 1 aromatic rings. The standard InChI is InChI=1S/C71H110O28/c1-34-59(43(82-9)28-51(87-34)92-42-22-23-67(7)41(27-42)21-24-70(80)48(67)32-49(94-50(74)20-19-40-17-15-14-16-18-40)68(8)69(79,39(6)73)25-26-71(68,70)81)95-52-29-44(83-10)60(35(2)88-52)96-53-30-45(84-11)62(37(4)89-53)99-66-58(78)64(86-13)63(38(5)91-66)97-54-31-46(85-12)61(36(3)90-54)98-65-57(77)56(76)55(75)47(33-72)93-65/h14-21,34-39,42-49,51-66,72-73,75-81H,22-33H2,1-13H3/b20-19+/t34-,35-,36-,37-,38-,39+,42+,43+,44+,45-,46+,47-,48-,49-,51+,52+,53+,54+,55-,56+,57-,58-,59-,60-,61-,62-,63-,64+,65+,66+,67+,68-,69-,70+,71-/m1/s1. The molecule has 0 bridgehead atoms. The third-order valence-electron chi connectivity index (χ3n) is 24.2. The van der Waals surface area contributed by atoms with Crippen molar-refractivity contribution in [2.24, 2.45) is 16.7 Å². The van der Waals surface area contributed by atoms with E-state index in [9.17, 15) is 50.8 Å². The van der Waals surface area contributed by atoms with Gasteiger partial charge in [0.2, 0.25) is 0 Å². The topological polar surface area (TPSA) is 365 Å². The summed E-state index contributed by atoms with van der Waals surface area (Å²) in [7, 11) is 7.71. The Morgan fingerprint density at radius 1 is 0.576 bits per heavy atom. The lowest BCUT2D eigenvalue weighted by atomic mass is 9.42. The average molecular weight is 1410 g/mol. The summed E-state index contributed by atoms with van der Waals surface area (Å²) in [6.45, 7) is 13.7. The Morgan fingerprint density at radius 2 is 1.06 bits per heavy atom. The normalized spacial score (nSPS) is 49.8. The summed E-state index contributed by atoms with van der Waals surface area (Å²) >= 11 is 0. The number of aliphatic hydroxyl groups is 9. The lowest BCUT2D eigenvalue weighted by Gasteiger charge is -2.67. The molecule has 6 heterocycles. The van der Waals surface area contributed by atoms with Gasteiger partial charge in [-0.25, -0.2) is 4.79 Å². The third-order valence-corrected chi connectivity index (χ3v) is 24.2. The smallest absolute Gasteiger partial charge is 0.331 e. The molecule has 0 radical (unpaired) electrons. The Kier molecular flexibility index (Phi) is 24.4. The van der Waals surface area contributed by atoms with Crippen LogP contribution in [0.25, 0.3) is 6.08 Å². The van der Waals surface area contributed by atoms with E-state index in [1.807, 2.05) is 57.2 Å². The molecule has 11 rings (SSSR count). The molecule has 6 aliphatic heterocycles. The van der Waals surface area contributed by atoms with Crippen LogP contribution in [0.4, 0.5) is 0 Å². The van der Waals surface area contributed by atoms with Crippen molar-refractivity contribution in [2.45, 2.75) is 321 Å². The number of hydrogen-bond donors (Lipinski definition) is 9. The van der Waals surface area contributed by atoms with Gasteiger partial charge in [-0.1, -0.05) is 55.8 Å². The predicted molar refractivity (Wildman–Crippen MR) is 345 cm³/mol. The highest BCUT2D eigenvalue weighted by Gasteiger charge is 2.81. The fourth-order valence-electron chi connectivity index (χ4n) is 18.4. The zero-order chi connectivity index (χ0) is 71.4. The molecule has 35 atom stereocenters. The maximum atomic E-state index is 13.7. The fourth-order valence-corrected chi connectivity index (χ4v) is 18.4. The molecule has 9 N–H and O–H groups in total. The van der Waals surface area contributed by atoms with Gasteiger partial charge in [0.05, 0.1) is 79.2 Å². The molecule has 0 unspecified atom stereocenters. The zero-order valence-electron chi connectivity index (χ0n) is 59.2. The monoisotopic (exact) mass is 1410 g/mol.